The highest BCUT2D eigenvalue weighted by Crippen LogP contribution is 2.15. The molecule has 1 saturated heterocycles. The fraction of sp³-hybridized carbons (Fsp3) is 0.647. The Balaban J connectivity index is 1.60. The highest BCUT2D eigenvalue weighted by atomic mass is 16.5. The van der Waals surface area contributed by atoms with Gasteiger partial charge in [-0.3, -0.25) is 0 Å². The molecule has 2 rings (SSSR count). The molecule has 1 aliphatic heterocycles. The first-order chi connectivity index (χ1) is 10.3. The van der Waals surface area contributed by atoms with Crippen molar-refractivity contribution in [1.82, 2.24) is 4.90 Å². The van der Waals surface area contributed by atoms with Gasteiger partial charge >= 0.3 is 0 Å². The lowest BCUT2D eigenvalue weighted by molar-refractivity contribution is 0.0415. The molecule has 21 heavy (non-hydrogen) atoms. The van der Waals surface area contributed by atoms with Crippen LogP contribution in [0.2, 0.25) is 0 Å². The van der Waals surface area contributed by atoms with Gasteiger partial charge in [0.2, 0.25) is 0 Å². The van der Waals surface area contributed by atoms with E-state index >= 15 is 0 Å². The van der Waals surface area contributed by atoms with Crippen LogP contribution in [0, 0.1) is 5.92 Å². The lowest BCUT2D eigenvalue weighted by Crippen LogP contribution is -2.32. The molecular formula is C17H28N2O2. The van der Waals surface area contributed by atoms with Crippen molar-refractivity contribution in [3.8, 4) is 5.75 Å². The molecule has 118 valence electrons. The summed E-state index contributed by atoms with van der Waals surface area (Å²) in [7, 11) is 2.18. The van der Waals surface area contributed by atoms with Crippen LogP contribution in [0.5, 0.6) is 5.75 Å². The average molecular weight is 292 g/mol. The van der Waals surface area contributed by atoms with Crippen molar-refractivity contribution in [2.75, 3.05) is 40.0 Å². The minimum atomic E-state index is 0.559. The molecule has 1 aromatic carbocycles. The molecular weight excluding hydrogens is 264 g/mol. The van der Waals surface area contributed by atoms with Crippen molar-refractivity contribution >= 4 is 0 Å². The standard InChI is InChI=1S/C17H28N2O2/c1-19(13-16-6-3-9-20-14-16)8-4-10-21-17-7-2-5-15(11-17)12-18/h2,5,7,11,16H,3-4,6,8-10,12-14,18H2,1H3. The second kappa shape index (κ2) is 9.03. The first-order valence-corrected chi connectivity index (χ1v) is 7.96. The quantitative estimate of drug-likeness (QED) is 0.747. The van der Waals surface area contributed by atoms with Crippen LogP contribution >= 0.6 is 0 Å². The van der Waals surface area contributed by atoms with Gasteiger partial charge in [-0.2, -0.15) is 0 Å². The molecule has 1 aromatic rings. The number of ether oxygens (including phenoxy) is 2. The molecule has 0 spiro atoms. The Morgan fingerprint density at radius 2 is 2.33 bits per heavy atom. The molecule has 4 heteroatoms. The number of benzene rings is 1. The molecule has 0 amide bonds. The number of hydrogen-bond acceptors (Lipinski definition) is 4. The summed E-state index contributed by atoms with van der Waals surface area (Å²) < 4.78 is 11.3. The third kappa shape index (κ3) is 6.04. The maximum atomic E-state index is 5.78. The topological polar surface area (TPSA) is 47.7 Å². The van der Waals surface area contributed by atoms with E-state index in [1.165, 1.54) is 12.8 Å². The molecule has 1 atom stereocenters. The summed E-state index contributed by atoms with van der Waals surface area (Å²) in [6.45, 7) is 5.36. The summed E-state index contributed by atoms with van der Waals surface area (Å²) in [6, 6.07) is 8.02. The normalized spacial score (nSPS) is 18.9. The van der Waals surface area contributed by atoms with Crippen LogP contribution in [-0.4, -0.2) is 44.9 Å². The number of hydrogen-bond donors (Lipinski definition) is 1. The Morgan fingerprint density at radius 3 is 3.10 bits per heavy atom. The zero-order chi connectivity index (χ0) is 14.9. The van der Waals surface area contributed by atoms with Gasteiger partial charge in [0.1, 0.15) is 5.75 Å². The predicted molar refractivity (Wildman–Crippen MR) is 85.5 cm³/mol. The molecule has 0 saturated carbocycles. The molecule has 0 aromatic heterocycles. The van der Waals surface area contributed by atoms with Crippen molar-refractivity contribution < 1.29 is 9.47 Å². The Labute approximate surface area is 128 Å². The first kappa shape index (κ1) is 16.3. The number of nitrogens with zero attached hydrogens (tertiary/aromatic N) is 1. The SMILES string of the molecule is CN(CCCOc1cccc(CN)c1)CC1CCCOC1. The van der Waals surface area contributed by atoms with Crippen LogP contribution in [0.4, 0.5) is 0 Å². The average Bonchev–Trinajstić information content (AvgIpc) is 2.53. The Bertz CT molecular complexity index is 406. The summed E-state index contributed by atoms with van der Waals surface area (Å²) in [5, 5.41) is 0. The van der Waals surface area contributed by atoms with Gasteiger partial charge in [-0.05, 0) is 49.9 Å². The van der Waals surface area contributed by atoms with E-state index in [-0.39, 0.29) is 0 Å². The zero-order valence-corrected chi connectivity index (χ0v) is 13.1. The minimum absolute atomic E-state index is 0.559. The Hall–Kier alpha value is -1.10. The molecule has 4 nitrogen and oxygen atoms in total. The van der Waals surface area contributed by atoms with Crippen LogP contribution in [0.15, 0.2) is 24.3 Å². The molecule has 1 unspecified atom stereocenters. The van der Waals surface area contributed by atoms with E-state index in [0.29, 0.717) is 12.5 Å². The van der Waals surface area contributed by atoms with Gasteiger partial charge < -0.3 is 20.1 Å². The van der Waals surface area contributed by atoms with Crippen LogP contribution in [-0.2, 0) is 11.3 Å². The van der Waals surface area contributed by atoms with E-state index in [2.05, 4.69) is 11.9 Å². The van der Waals surface area contributed by atoms with Gasteiger partial charge in [-0.25, -0.2) is 0 Å². The lowest BCUT2D eigenvalue weighted by atomic mass is 10.0. The van der Waals surface area contributed by atoms with Crippen LogP contribution in [0.1, 0.15) is 24.8 Å². The molecule has 1 heterocycles. The maximum Gasteiger partial charge on any atom is 0.119 e. The van der Waals surface area contributed by atoms with Crippen molar-refractivity contribution in [2.24, 2.45) is 11.7 Å². The molecule has 0 radical (unpaired) electrons. The molecule has 1 aliphatic rings. The summed E-state index contributed by atoms with van der Waals surface area (Å²) in [5.41, 5.74) is 6.74. The molecule has 0 aliphatic carbocycles. The second-order valence-electron chi connectivity index (χ2n) is 5.90. The van der Waals surface area contributed by atoms with Gasteiger partial charge in [-0.15, -0.1) is 0 Å². The monoisotopic (exact) mass is 292 g/mol. The van der Waals surface area contributed by atoms with Crippen LogP contribution < -0.4 is 10.5 Å². The van der Waals surface area contributed by atoms with Crippen molar-refractivity contribution in [3.63, 3.8) is 0 Å². The van der Waals surface area contributed by atoms with Crippen LogP contribution in [0.3, 0.4) is 0 Å². The first-order valence-electron chi connectivity index (χ1n) is 7.96. The summed E-state index contributed by atoms with van der Waals surface area (Å²) in [5.74, 6) is 1.62. The van der Waals surface area contributed by atoms with E-state index in [1.54, 1.807) is 0 Å². The van der Waals surface area contributed by atoms with Crippen LogP contribution in [0.25, 0.3) is 0 Å². The fourth-order valence-corrected chi connectivity index (χ4v) is 2.77. The highest BCUT2D eigenvalue weighted by Gasteiger charge is 2.15. The van der Waals surface area contributed by atoms with E-state index < -0.39 is 0 Å². The van der Waals surface area contributed by atoms with E-state index in [4.69, 9.17) is 15.2 Å². The van der Waals surface area contributed by atoms with Gasteiger partial charge in [0, 0.05) is 26.2 Å². The predicted octanol–water partition coefficient (Wildman–Crippen LogP) is 2.27. The summed E-state index contributed by atoms with van der Waals surface area (Å²) in [4.78, 5) is 2.39. The minimum Gasteiger partial charge on any atom is -0.494 e. The van der Waals surface area contributed by atoms with Gasteiger partial charge in [0.25, 0.3) is 0 Å². The van der Waals surface area contributed by atoms with E-state index in [0.717, 1.165) is 50.6 Å². The summed E-state index contributed by atoms with van der Waals surface area (Å²) >= 11 is 0. The summed E-state index contributed by atoms with van der Waals surface area (Å²) in [6.07, 6.45) is 3.54. The maximum absolute atomic E-state index is 5.78. The third-order valence-corrected chi connectivity index (χ3v) is 3.91. The fourth-order valence-electron chi connectivity index (χ4n) is 2.77. The zero-order valence-electron chi connectivity index (χ0n) is 13.1. The van der Waals surface area contributed by atoms with Crippen molar-refractivity contribution in [1.29, 1.82) is 0 Å². The van der Waals surface area contributed by atoms with Gasteiger partial charge in [0.05, 0.1) is 13.2 Å². The van der Waals surface area contributed by atoms with Crippen molar-refractivity contribution in [2.45, 2.75) is 25.8 Å². The number of nitrogens with two attached hydrogens (primary N) is 1. The second-order valence-corrected chi connectivity index (χ2v) is 5.90. The van der Waals surface area contributed by atoms with Gasteiger partial charge in [0.15, 0.2) is 0 Å². The lowest BCUT2D eigenvalue weighted by Gasteiger charge is -2.27. The Morgan fingerprint density at radius 1 is 1.43 bits per heavy atom. The smallest absolute Gasteiger partial charge is 0.119 e. The third-order valence-electron chi connectivity index (χ3n) is 3.91. The van der Waals surface area contributed by atoms with E-state index in [9.17, 15) is 0 Å². The molecule has 0 bridgehead atoms. The molecule has 2 N–H and O–H groups in total. The highest BCUT2D eigenvalue weighted by molar-refractivity contribution is 5.28. The van der Waals surface area contributed by atoms with E-state index in [1.807, 2.05) is 24.3 Å². The number of rotatable bonds is 8. The van der Waals surface area contributed by atoms with Gasteiger partial charge in [-0.1, -0.05) is 12.1 Å². The Kier molecular flexibility index (Phi) is 7.00. The largest absolute Gasteiger partial charge is 0.494 e. The van der Waals surface area contributed by atoms with Crippen molar-refractivity contribution in [3.05, 3.63) is 29.8 Å². The molecule has 1 fully saturated rings.